The molecule has 18 heavy (non-hydrogen) atoms. The van der Waals surface area contributed by atoms with E-state index in [4.69, 9.17) is 32.7 Å². The Morgan fingerprint density at radius 3 is 2.67 bits per heavy atom. The van der Waals surface area contributed by atoms with Crippen LogP contribution in [0.4, 0.5) is 0 Å². The molecule has 0 radical (unpaired) electrons. The first-order chi connectivity index (χ1) is 8.54. The van der Waals surface area contributed by atoms with E-state index in [2.05, 4.69) is 22.9 Å². The average molecular weight is 354 g/mol. The van der Waals surface area contributed by atoms with Crippen molar-refractivity contribution in [3.63, 3.8) is 0 Å². The van der Waals surface area contributed by atoms with Crippen molar-refractivity contribution < 1.29 is 9.47 Å². The van der Waals surface area contributed by atoms with E-state index in [-0.39, 0.29) is 10.9 Å². The molecule has 0 bridgehead atoms. The zero-order valence-electron chi connectivity index (χ0n) is 10.3. The summed E-state index contributed by atoms with van der Waals surface area (Å²) in [5.74, 6) is 1.01. The van der Waals surface area contributed by atoms with E-state index >= 15 is 0 Å². The zero-order chi connectivity index (χ0) is 13.3. The molecule has 1 aromatic carbocycles. The number of benzene rings is 1. The number of rotatable bonds is 3. The van der Waals surface area contributed by atoms with Gasteiger partial charge in [0.2, 0.25) is 0 Å². The van der Waals surface area contributed by atoms with E-state index in [1.165, 1.54) is 0 Å². The van der Waals surface area contributed by atoms with Gasteiger partial charge in [-0.2, -0.15) is 0 Å². The second kappa shape index (κ2) is 6.00. The number of ether oxygens (including phenoxy) is 2. The Balaban J connectivity index is 2.30. The number of hydrogen-bond acceptors (Lipinski definition) is 2. The summed E-state index contributed by atoms with van der Waals surface area (Å²) < 4.78 is 10.7. The Bertz CT molecular complexity index is 439. The van der Waals surface area contributed by atoms with Gasteiger partial charge in [0.25, 0.3) is 0 Å². The van der Waals surface area contributed by atoms with E-state index < -0.39 is 0 Å². The minimum atomic E-state index is 0.144. The molecule has 1 heterocycles. The SMILES string of the molecule is COc1cc(Cl)c(C(Br)C2CCOC2C)cc1Cl. The highest BCUT2D eigenvalue weighted by Gasteiger charge is 2.32. The number of hydrogen-bond donors (Lipinski definition) is 0. The smallest absolute Gasteiger partial charge is 0.138 e. The van der Waals surface area contributed by atoms with Gasteiger partial charge < -0.3 is 9.47 Å². The van der Waals surface area contributed by atoms with Gasteiger partial charge in [0.15, 0.2) is 0 Å². The molecule has 0 N–H and O–H groups in total. The molecule has 0 spiro atoms. The monoisotopic (exact) mass is 352 g/mol. The van der Waals surface area contributed by atoms with E-state index in [1.54, 1.807) is 13.2 Å². The van der Waals surface area contributed by atoms with Crippen LogP contribution in [0.25, 0.3) is 0 Å². The van der Waals surface area contributed by atoms with Crippen LogP contribution < -0.4 is 4.74 Å². The molecule has 100 valence electrons. The van der Waals surface area contributed by atoms with Gasteiger partial charge in [0.05, 0.1) is 18.2 Å². The van der Waals surface area contributed by atoms with Crippen molar-refractivity contribution in [2.75, 3.05) is 13.7 Å². The van der Waals surface area contributed by atoms with Gasteiger partial charge in [-0.3, -0.25) is 0 Å². The molecule has 2 rings (SSSR count). The average Bonchev–Trinajstić information content (AvgIpc) is 2.77. The molecular formula is C13H15BrCl2O2. The third kappa shape index (κ3) is 2.79. The minimum Gasteiger partial charge on any atom is -0.495 e. The zero-order valence-corrected chi connectivity index (χ0v) is 13.3. The summed E-state index contributed by atoms with van der Waals surface area (Å²) in [6.07, 6.45) is 1.25. The summed E-state index contributed by atoms with van der Waals surface area (Å²) >= 11 is 16.2. The molecule has 0 aromatic heterocycles. The molecule has 1 aliphatic rings. The molecule has 1 aromatic rings. The summed E-state index contributed by atoms with van der Waals surface area (Å²) in [5.41, 5.74) is 0.991. The van der Waals surface area contributed by atoms with Crippen LogP contribution in [0.15, 0.2) is 12.1 Å². The van der Waals surface area contributed by atoms with Gasteiger partial charge >= 0.3 is 0 Å². The van der Waals surface area contributed by atoms with Crippen molar-refractivity contribution in [1.82, 2.24) is 0 Å². The molecule has 1 aliphatic heterocycles. The number of alkyl halides is 1. The van der Waals surface area contributed by atoms with E-state index in [1.807, 2.05) is 6.07 Å². The van der Waals surface area contributed by atoms with Gasteiger partial charge in [0.1, 0.15) is 5.75 Å². The third-order valence-electron chi connectivity index (χ3n) is 3.38. The highest BCUT2D eigenvalue weighted by molar-refractivity contribution is 9.09. The lowest BCUT2D eigenvalue weighted by Gasteiger charge is -2.22. The fourth-order valence-corrected chi connectivity index (χ4v) is 4.00. The fraction of sp³-hybridized carbons (Fsp3) is 0.538. The summed E-state index contributed by atoms with van der Waals surface area (Å²) in [4.78, 5) is 0.144. The molecule has 0 aliphatic carbocycles. The largest absolute Gasteiger partial charge is 0.495 e. The maximum Gasteiger partial charge on any atom is 0.138 e. The van der Waals surface area contributed by atoms with Crippen molar-refractivity contribution in [2.24, 2.45) is 5.92 Å². The molecule has 1 saturated heterocycles. The van der Waals surface area contributed by atoms with E-state index in [9.17, 15) is 0 Å². The molecule has 0 saturated carbocycles. The first-order valence-corrected chi connectivity index (χ1v) is 7.50. The van der Waals surface area contributed by atoms with Gasteiger partial charge in [0, 0.05) is 28.4 Å². The fourth-order valence-electron chi connectivity index (χ4n) is 2.27. The van der Waals surface area contributed by atoms with Crippen LogP contribution in [0.2, 0.25) is 10.0 Å². The van der Waals surface area contributed by atoms with Crippen molar-refractivity contribution in [3.05, 3.63) is 27.7 Å². The third-order valence-corrected chi connectivity index (χ3v) is 5.17. The van der Waals surface area contributed by atoms with E-state index in [0.29, 0.717) is 21.7 Å². The Labute approximate surface area is 126 Å². The highest BCUT2D eigenvalue weighted by atomic mass is 79.9. The summed E-state index contributed by atoms with van der Waals surface area (Å²) in [6.45, 7) is 2.89. The predicted octanol–water partition coefficient (Wildman–Crippen LogP) is 4.86. The van der Waals surface area contributed by atoms with Crippen LogP contribution in [-0.2, 0) is 4.74 Å². The summed E-state index contributed by atoms with van der Waals surface area (Å²) in [5, 5.41) is 1.24. The van der Waals surface area contributed by atoms with Crippen molar-refractivity contribution >= 4 is 39.1 Å². The van der Waals surface area contributed by atoms with Crippen LogP contribution in [-0.4, -0.2) is 19.8 Å². The maximum absolute atomic E-state index is 6.29. The van der Waals surface area contributed by atoms with E-state index in [0.717, 1.165) is 18.6 Å². The highest BCUT2D eigenvalue weighted by Crippen LogP contribution is 2.44. The second-order valence-corrected chi connectivity index (χ2v) is 6.24. The lowest BCUT2D eigenvalue weighted by molar-refractivity contribution is 0.105. The maximum atomic E-state index is 6.29. The topological polar surface area (TPSA) is 18.5 Å². The van der Waals surface area contributed by atoms with Gasteiger partial charge in [-0.15, -0.1) is 0 Å². The molecule has 3 unspecified atom stereocenters. The summed E-state index contributed by atoms with van der Waals surface area (Å²) in [6, 6.07) is 3.63. The Morgan fingerprint density at radius 1 is 1.39 bits per heavy atom. The Kier molecular flexibility index (Phi) is 4.81. The normalized spacial score (nSPS) is 25.2. The van der Waals surface area contributed by atoms with Gasteiger partial charge in [-0.1, -0.05) is 39.1 Å². The van der Waals surface area contributed by atoms with Crippen LogP contribution in [0.3, 0.4) is 0 Å². The first kappa shape index (κ1) is 14.4. The first-order valence-electron chi connectivity index (χ1n) is 5.83. The van der Waals surface area contributed by atoms with Crippen molar-refractivity contribution in [2.45, 2.75) is 24.3 Å². The van der Waals surface area contributed by atoms with Crippen molar-refractivity contribution in [1.29, 1.82) is 0 Å². The van der Waals surface area contributed by atoms with Crippen LogP contribution in [0.1, 0.15) is 23.7 Å². The molecule has 1 fully saturated rings. The molecule has 3 atom stereocenters. The minimum absolute atomic E-state index is 0.144. The van der Waals surface area contributed by atoms with Crippen molar-refractivity contribution in [3.8, 4) is 5.75 Å². The lowest BCUT2D eigenvalue weighted by Crippen LogP contribution is -2.16. The quantitative estimate of drug-likeness (QED) is 0.722. The van der Waals surface area contributed by atoms with Gasteiger partial charge in [-0.05, 0) is 25.0 Å². The van der Waals surface area contributed by atoms with Crippen LogP contribution in [0, 0.1) is 5.92 Å². The molecule has 2 nitrogen and oxygen atoms in total. The molecule has 0 amide bonds. The lowest BCUT2D eigenvalue weighted by atomic mass is 9.93. The number of halogens is 3. The second-order valence-electron chi connectivity index (χ2n) is 4.44. The van der Waals surface area contributed by atoms with Crippen LogP contribution >= 0.6 is 39.1 Å². The summed E-state index contributed by atoms with van der Waals surface area (Å²) in [7, 11) is 1.58. The predicted molar refractivity (Wildman–Crippen MR) is 78.2 cm³/mol. The molecule has 5 heteroatoms. The Hall–Kier alpha value is 0.0400. The molecular weight excluding hydrogens is 339 g/mol. The number of methoxy groups -OCH3 is 1. The van der Waals surface area contributed by atoms with Crippen LogP contribution in [0.5, 0.6) is 5.75 Å². The Morgan fingerprint density at radius 2 is 2.11 bits per heavy atom. The van der Waals surface area contributed by atoms with Gasteiger partial charge in [-0.25, -0.2) is 0 Å². The standard InChI is InChI=1S/C13H15BrCl2O2/c1-7-8(3-4-18-7)13(14)9-5-11(16)12(17-2)6-10(9)15/h5-8,13H,3-4H2,1-2H3.